The minimum Gasteiger partial charge on any atom is -0.478 e. The molecule has 13 heteroatoms. The van der Waals surface area contributed by atoms with E-state index < -0.39 is 24.1 Å². The third-order valence-corrected chi connectivity index (χ3v) is 4.13. The van der Waals surface area contributed by atoms with E-state index in [4.69, 9.17) is 27.9 Å². The van der Waals surface area contributed by atoms with Gasteiger partial charge in [0.25, 0.3) is 5.88 Å². The Kier molecular flexibility index (Phi) is 5.80. The van der Waals surface area contributed by atoms with Crippen molar-refractivity contribution in [3.05, 3.63) is 46.3 Å². The van der Waals surface area contributed by atoms with E-state index in [1.54, 1.807) is 0 Å². The monoisotopic (exact) mass is 453 g/mol. The predicted molar refractivity (Wildman–Crippen MR) is 95.8 cm³/mol. The standard InChI is InChI=1S/C16H10Cl2F5N5O/c1-29-14-13(24-2-3-25-14)28-12(26-15(19)20)10(11(18)27-28)7-4-8(16(21,22)23)6-9(17)5-7/h2-6,15,26H,1H3. The zero-order chi connectivity index (χ0) is 21.3. The molecule has 3 aromatic rings. The molecule has 0 aliphatic rings. The van der Waals surface area contributed by atoms with Crippen LogP contribution in [0.3, 0.4) is 0 Å². The van der Waals surface area contributed by atoms with Crippen molar-refractivity contribution >= 4 is 29.0 Å². The summed E-state index contributed by atoms with van der Waals surface area (Å²) >= 11 is 11.9. The van der Waals surface area contributed by atoms with Crippen LogP contribution in [-0.4, -0.2) is 33.4 Å². The van der Waals surface area contributed by atoms with Crippen LogP contribution >= 0.6 is 23.2 Å². The molecule has 0 radical (unpaired) electrons. The van der Waals surface area contributed by atoms with Crippen LogP contribution in [0.2, 0.25) is 10.2 Å². The molecule has 1 aromatic carbocycles. The Balaban J connectivity index is 2.28. The molecule has 0 bridgehead atoms. The Morgan fingerprint density at radius 3 is 2.41 bits per heavy atom. The summed E-state index contributed by atoms with van der Waals surface area (Å²) in [6.45, 7) is -3.09. The minimum absolute atomic E-state index is 0.0717. The van der Waals surface area contributed by atoms with Crippen molar-refractivity contribution in [1.29, 1.82) is 0 Å². The van der Waals surface area contributed by atoms with Crippen molar-refractivity contribution in [2.24, 2.45) is 0 Å². The van der Waals surface area contributed by atoms with Gasteiger partial charge in [0.1, 0.15) is 5.82 Å². The zero-order valence-corrected chi connectivity index (χ0v) is 15.8. The third kappa shape index (κ3) is 4.35. The SMILES string of the molecule is COc1nccnc1-n1nc(Cl)c(-c2cc(Cl)cc(C(F)(F)F)c2)c1NC(F)F. The quantitative estimate of drug-likeness (QED) is 0.419. The van der Waals surface area contributed by atoms with Crippen LogP contribution in [0.15, 0.2) is 30.6 Å². The predicted octanol–water partition coefficient (Wildman–Crippen LogP) is 5.30. The van der Waals surface area contributed by atoms with Gasteiger partial charge in [-0.2, -0.15) is 31.7 Å². The summed E-state index contributed by atoms with van der Waals surface area (Å²) in [5.74, 6) is -0.596. The maximum atomic E-state index is 13.2. The molecular weight excluding hydrogens is 444 g/mol. The summed E-state index contributed by atoms with van der Waals surface area (Å²) < 4.78 is 71.7. The first kappa shape index (κ1) is 21.1. The van der Waals surface area contributed by atoms with Crippen molar-refractivity contribution in [3.63, 3.8) is 0 Å². The average Bonchev–Trinajstić information content (AvgIpc) is 2.95. The highest BCUT2D eigenvalue weighted by molar-refractivity contribution is 6.33. The number of methoxy groups -OCH3 is 1. The van der Waals surface area contributed by atoms with Gasteiger partial charge in [0.15, 0.2) is 5.15 Å². The van der Waals surface area contributed by atoms with Crippen LogP contribution < -0.4 is 10.1 Å². The first-order valence-electron chi connectivity index (χ1n) is 7.68. The molecule has 0 saturated heterocycles. The number of nitrogens with zero attached hydrogens (tertiary/aromatic N) is 4. The van der Waals surface area contributed by atoms with Gasteiger partial charge in [0.2, 0.25) is 5.82 Å². The van der Waals surface area contributed by atoms with E-state index in [1.807, 2.05) is 5.32 Å². The van der Waals surface area contributed by atoms with Gasteiger partial charge in [-0.25, -0.2) is 9.97 Å². The normalized spacial score (nSPS) is 11.8. The van der Waals surface area contributed by atoms with Crippen molar-refractivity contribution < 1.29 is 26.7 Å². The summed E-state index contributed by atoms with van der Waals surface area (Å²) in [6, 6.07) is 2.58. The highest BCUT2D eigenvalue weighted by Gasteiger charge is 2.32. The molecule has 154 valence electrons. The molecule has 0 aliphatic heterocycles. The van der Waals surface area contributed by atoms with Gasteiger partial charge < -0.3 is 10.1 Å². The van der Waals surface area contributed by atoms with E-state index in [-0.39, 0.29) is 33.0 Å². The molecule has 2 aromatic heterocycles. The number of benzene rings is 1. The van der Waals surface area contributed by atoms with Crippen LogP contribution in [0.1, 0.15) is 5.56 Å². The Hall–Kier alpha value is -2.66. The number of aromatic nitrogens is 4. The highest BCUT2D eigenvalue weighted by Crippen LogP contribution is 2.41. The second-order valence-corrected chi connectivity index (χ2v) is 6.28. The van der Waals surface area contributed by atoms with Crippen molar-refractivity contribution in [3.8, 4) is 22.8 Å². The number of ether oxygens (including phenoxy) is 1. The lowest BCUT2D eigenvalue weighted by atomic mass is 10.0. The molecule has 0 spiro atoms. The number of halogens is 7. The van der Waals surface area contributed by atoms with Crippen LogP contribution in [0.5, 0.6) is 5.88 Å². The van der Waals surface area contributed by atoms with Gasteiger partial charge in [-0.3, -0.25) is 0 Å². The fourth-order valence-electron chi connectivity index (χ4n) is 2.54. The van der Waals surface area contributed by atoms with Crippen LogP contribution in [-0.2, 0) is 6.18 Å². The molecule has 29 heavy (non-hydrogen) atoms. The molecule has 0 fully saturated rings. The fraction of sp³-hybridized carbons (Fsp3) is 0.188. The van der Waals surface area contributed by atoms with Crippen LogP contribution in [0.25, 0.3) is 16.9 Å². The van der Waals surface area contributed by atoms with Gasteiger partial charge in [-0.15, -0.1) is 0 Å². The lowest BCUT2D eigenvalue weighted by molar-refractivity contribution is -0.137. The first-order valence-corrected chi connectivity index (χ1v) is 8.44. The highest BCUT2D eigenvalue weighted by atomic mass is 35.5. The second-order valence-electron chi connectivity index (χ2n) is 5.49. The van der Waals surface area contributed by atoms with Gasteiger partial charge in [-0.1, -0.05) is 23.2 Å². The van der Waals surface area contributed by atoms with Gasteiger partial charge in [0.05, 0.1) is 18.2 Å². The van der Waals surface area contributed by atoms with E-state index in [0.717, 1.165) is 16.8 Å². The maximum Gasteiger partial charge on any atom is 0.416 e. The van der Waals surface area contributed by atoms with Gasteiger partial charge in [0, 0.05) is 17.4 Å². The average molecular weight is 454 g/mol. The molecule has 1 N–H and O–H groups in total. The van der Waals surface area contributed by atoms with E-state index in [9.17, 15) is 22.0 Å². The molecule has 6 nitrogen and oxygen atoms in total. The van der Waals surface area contributed by atoms with E-state index in [2.05, 4.69) is 15.1 Å². The van der Waals surface area contributed by atoms with Crippen molar-refractivity contribution in [2.75, 3.05) is 12.4 Å². The minimum atomic E-state index is -4.72. The van der Waals surface area contributed by atoms with Gasteiger partial charge in [-0.05, 0) is 23.8 Å². The number of nitrogens with one attached hydrogen (secondary N) is 1. The summed E-state index contributed by atoms with van der Waals surface area (Å²) in [5, 5.41) is 5.11. The van der Waals surface area contributed by atoms with Crippen molar-refractivity contribution in [1.82, 2.24) is 19.7 Å². The Morgan fingerprint density at radius 2 is 1.79 bits per heavy atom. The summed E-state index contributed by atoms with van der Waals surface area (Å²) in [6.07, 6.45) is -2.17. The second kappa shape index (κ2) is 7.99. The summed E-state index contributed by atoms with van der Waals surface area (Å²) in [4.78, 5) is 7.87. The number of alkyl halides is 5. The van der Waals surface area contributed by atoms with E-state index >= 15 is 0 Å². The van der Waals surface area contributed by atoms with Crippen molar-refractivity contribution in [2.45, 2.75) is 12.7 Å². The maximum absolute atomic E-state index is 13.2. The summed E-state index contributed by atoms with van der Waals surface area (Å²) in [7, 11) is 1.27. The third-order valence-electron chi connectivity index (χ3n) is 3.64. The molecule has 0 saturated carbocycles. The largest absolute Gasteiger partial charge is 0.478 e. The summed E-state index contributed by atoms with van der Waals surface area (Å²) in [5.41, 5.74) is -1.48. The van der Waals surface area contributed by atoms with Crippen LogP contribution in [0.4, 0.5) is 27.8 Å². The fourth-order valence-corrected chi connectivity index (χ4v) is 3.05. The Morgan fingerprint density at radius 1 is 1.10 bits per heavy atom. The molecule has 0 aliphatic carbocycles. The van der Waals surface area contributed by atoms with E-state index in [0.29, 0.717) is 6.07 Å². The number of rotatable bonds is 5. The molecule has 0 atom stereocenters. The molecule has 0 amide bonds. The number of hydrogen-bond donors (Lipinski definition) is 1. The first-order chi connectivity index (χ1) is 13.6. The smallest absolute Gasteiger partial charge is 0.416 e. The van der Waals surface area contributed by atoms with E-state index in [1.165, 1.54) is 19.5 Å². The zero-order valence-electron chi connectivity index (χ0n) is 14.3. The number of anilines is 1. The van der Waals surface area contributed by atoms with Gasteiger partial charge >= 0.3 is 12.7 Å². The molecule has 0 unspecified atom stereocenters. The lowest BCUT2D eigenvalue weighted by Crippen LogP contribution is -2.14. The molecule has 3 rings (SSSR count). The number of hydrogen-bond acceptors (Lipinski definition) is 5. The molecule has 2 heterocycles. The molecular formula is C16H10Cl2F5N5O. The Labute approximate surface area is 170 Å². The topological polar surface area (TPSA) is 64.9 Å². The van der Waals surface area contributed by atoms with Crippen LogP contribution in [0, 0.1) is 0 Å². The lowest BCUT2D eigenvalue weighted by Gasteiger charge is -2.14. The Bertz CT molecular complexity index is 1040.